The minimum absolute atomic E-state index is 0.0520. The van der Waals surface area contributed by atoms with Crippen LogP contribution in [-0.4, -0.2) is 37.7 Å². The van der Waals surface area contributed by atoms with Gasteiger partial charge in [-0.15, -0.1) is 0 Å². The molecule has 2 heterocycles. The molecule has 0 spiro atoms. The lowest BCUT2D eigenvalue weighted by Gasteiger charge is -2.19. The van der Waals surface area contributed by atoms with Gasteiger partial charge in [-0.1, -0.05) is 11.6 Å². The summed E-state index contributed by atoms with van der Waals surface area (Å²) in [6.45, 7) is 3.63. The van der Waals surface area contributed by atoms with E-state index in [0.29, 0.717) is 40.7 Å². The molecular formula is C16H22ClN5O3. The molecule has 0 aliphatic carbocycles. The second-order valence-electron chi connectivity index (χ2n) is 6.26. The molecule has 2 unspecified atom stereocenters. The number of carbonyl (C=O) groups excluding carboxylic acids is 2. The molecule has 1 saturated heterocycles. The van der Waals surface area contributed by atoms with Crippen LogP contribution >= 0.6 is 11.6 Å². The summed E-state index contributed by atoms with van der Waals surface area (Å²) in [5.74, 6) is 0.825. The van der Waals surface area contributed by atoms with Crippen molar-refractivity contribution >= 4 is 34.9 Å². The lowest BCUT2D eigenvalue weighted by molar-refractivity contribution is -0.118. The number of ether oxygens (including phenoxy) is 1. The van der Waals surface area contributed by atoms with Crippen LogP contribution < -0.4 is 31.5 Å². The zero-order valence-corrected chi connectivity index (χ0v) is 14.7. The normalized spacial score (nSPS) is 21.9. The number of hydrazine groups is 1. The van der Waals surface area contributed by atoms with Crippen molar-refractivity contribution < 1.29 is 14.3 Å². The van der Waals surface area contributed by atoms with Gasteiger partial charge < -0.3 is 20.7 Å². The predicted octanol–water partition coefficient (Wildman–Crippen LogP) is 1.69. The van der Waals surface area contributed by atoms with Crippen molar-refractivity contribution in [1.29, 1.82) is 0 Å². The molecule has 2 aliphatic heterocycles. The van der Waals surface area contributed by atoms with Crippen molar-refractivity contribution in [3.63, 3.8) is 0 Å². The summed E-state index contributed by atoms with van der Waals surface area (Å²) in [7, 11) is 0. The third-order valence-electron chi connectivity index (χ3n) is 4.39. The van der Waals surface area contributed by atoms with Crippen molar-refractivity contribution in [3.05, 3.63) is 17.2 Å². The molecule has 136 valence electrons. The van der Waals surface area contributed by atoms with Gasteiger partial charge >= 0.3 is 6.03 Å². The average molecular weight is 368 g/mol. The first kappa shape index (κ1) is 17.8. The molecule has 1 aromatic carbocycles. The Hall–Kier alpha value is -2.03. The quantitative estimate of drug-likeness (QED) is 0.509. The first-order chi connectivity index (χ1) is 12.0. The van der Waals surface area contributed by atoms with Gasteiger partial charge in [-0.05, 0) is 31.7 Å². The van der Waals surface area contributed by atoms with Crippen LogP contribution in [0.2, 0.25) is 5.02 Å². The molecule has 3 rings (SSSR count). The van der Waals surface area contributed by atoms with Gasteiger partial charge in [0, 0.05) is 25.2 Å². The summed E-state index contributed by atoms with van der Waals surface area (Å²) in [6.07, 6.45) is 1.94. The van der Waals surface area contributed by atoms with Gasteiger partial charge in [0.2, 0.25) is 0 Å². The Labute approximate surface area is 151 Å². The lowest BCUT2D eigenvalue weighted by atomic mass is 9.98. The minimum Gasteiger partial charge on any atom is -0.482 e. The number of benzene rings is 1. The van der Waals surface area contributed by atoms with E-state index in [0.717, 1.165) is 19.4 Å². The van der Waals surface area contributed by atoms with E-state index in [-0.39, 0.29) is 18.5 Å². The van der Waals surface area contributed by atoms with Gasteiger partial charge in [0.15, 0.2) is 6.61 Å². The van der Waals surface area contributed by atoms with Crippen molar-refractivity contribution in [2.45, 2.75) is 25.8 Å². The number of hydrogen-bond donors (Lipinski definition) is 5. The fraction of sp³-hybridized carbons (Fsp3) is 0.500. The van der Waals surface area contributed by atoms with Gasteiger partial charge in [-0.25, -0.2) is 4.79 Å². The molecule has 1 fully saturated rings. The van der Waals surface area contributed by atoms with E-state index in [1.165, 1.54) is 0 Å². The third-order valence-corrected chi connectivity index (χ3v) is 4.70. The molecule has 9 heteroatoms. The number of fused-ring (bicyclic) bond motifs is 1. The molecule has 0 bridgehead atoms. The monoisotopic (exact) mass is 367 g/mol. The smallest absolute Gasteiger partial charge is 0.319 e. The van der Waals surface area contributed by atoms with Gasteiger partial charge in [-0.3, -0.25) is 15.6 Å². The van der Waals surface area contributed by atoms with E-state index in [1.807, 2.05) is 0 Å². The van der Waals surface area contributed by atoms with E-state index >= 15 is 0 Å². The lowest BCUT2D eigenvalue weighted by Crippen LogP contribution is -2.31. The van der Waals surface area contributed by atoms with Crippen LogP contribution in [0.15, 0.2) is 12.1 Å². The fourth-order valence-corrected chi connectivity index (χ4v) is 3.14. The fourth-order valence-electron chi connectivity index (χ4n) is 2.93. The van der Waals surface area contributed by atoms with Crippen molar-refractivity contribution in [3.8, 4) is 5.75 Å². The Kier molecular flexibility index (Phi) is 5.62. The molecule has 3 amide bonds. The molecule has 0 aromatic heterocycles. The topological polar surface area (TPSA) is 104 Å². The van der Waals surface area contributed by atoms with E-state index in [9.17, 15) is 9.59 Å². The molecule has 1 aromatic rings. The van der Waals surface area contributed by atoms with E-state index < -0.39 is 0 Å². The molecule has 0 saturated carbocycles. The summed E-state index contributed by atoms with van der Waals surface area (Å²) in [5.41, 5.74) is 7.26. The summed E-state index contributed by atoms with van der Waals surface area (Å²) in [5, 5.41) is 8.53. The highest BCUT2D eigenvalue weighted by Crippen LogP contribution is 2.36. The Morgan fingerprint density at radius 3 is 3.04 bits per heavy atom. The van der Waals surface area contributed by atoms with Crippen molar-refractivity contribution in [2.75, 3.05) is 30.3 Å². The van der Waals surface area contributed by atoms with Crippen LogP contribution in [0.1, 0.15) is 19.8 Å². The number of anilines is 2. The zero-order valence-electron chi connectivity index (χ0n) is 13.9. The molecule has 0 radical (unpaired) electrons. The molecule has 5 N–H and O–H groups in total. The summed E-state index contributed by atoms with van der Waals surface area (Å²) in [6, 6.07) is 3.29. The first-order valence-corrected chi connectivity index (χ1v) is 8.70. The van der Waals surface area contributed by atoms with Crippen LogP contribution in [0.3, 0.4) is 0 Å². The predicted molar refractivity (Wildman–Crippen MR) is 95.9 cm³/mol. The molecular weight excluding hydrogens is 346 g/mol. The third kappa shape index (κ3) is 4.53. The van der Waals surface area contributed by atoms with Crippen molar-refractivity contribution in [1.82, 2.24) is 16.2 Å². The van der Waals surface area contributed by atoms with Crippen LogP contribution in [0.25, 0.3) is 0 Å². The highest BCUT2D eigenvalue weighted by molar-refractivity contribution is 6.34. The Morgan fingerprint density at radius 1 is 1.44 bits per heavy atom. The molecule has 2 aliphatic rings. The zero-order chi connectivity index (χ0) is 17.8. The number of nitrogens with one attached hydrogen (secondary N) is 5. The maximum Gasteiger partial charge on any atom is 0.319 e. The number of urea groups is 1. The van der Waals surface area contributed by atoms with Crippen LogP contribution in [-0.2, 0) is 4.79 Å². The summed E-state index contributed by atoms with van der Waals surface area (Å²) in [4.78, 5) is 23.3. The second kappa shape index (κ2) is 7.90. The van der Waals surface area contributed by atoms with Gasteiger partial charge in [0.1, 0.15) is 5.75 Å². The number of amides is 3. The van der Waals surface area contributed by atoms with Gasteiger partial charge in [0.25, 0.3) is 5.91 Å². The Balaban J connectivity index is 1.47. The molecule has 2 atom stereocenters. The highest BCUT2D eigenvalue weighted by atomic mass is 35.5. The average Bonchev–Trinajstić information content (AvgIpc) is 2.98. The van der Waals surface area contributed by atoms with Crippen molar-refractivity contribution in [2.24, 2.45) is 5.92 Å². The van der Waals surface area contributed by atoms with E-state index in [1.54, 1.807) is 12.1 Å². The number of rotatable bonds is 5. The van der Waals surface area contributed by atoms with E-state index in [4.69, 9.17) is 16.3 Å². The number of hydrogen-bond acceptors (Lipinski definition) is 5. The van der Waals surface area contributed by atoms with Gasteiger partial charge in [0.05, 0.1) is 16.4 Å². The molecule has 8 nitrogen and oxygen atoms in total. The first-order valence-electron chi connectivity index (χ1n) is 8.32. The van der Waals surface area contributed by atoms with Crippen LogP contribution in [0.4, 0.5) is 16.2 Å². The van der Waals surface area contributed by atoms with Crippen LogP contribution in [0, 0.1) is 5.92 Å². The van der Waals surface area contributed by atoms with Gasteiger partial charge in [-0.2, -0.15) is 0 Å². The number of halogens is 1. The SMILES string of the molecule is CC1NNCC1CCCNC(=O)Nc1cc2c(cc1Cl)NC(=O)CO2. The maximum absolute atomic E-state index is 12.0. The summed E-state index contributed by atoms with van der Waals surface area (Å²) < 4.78 is 5.32. The molecule has 25 heavy (non-hydrogen) atoms. The maximum atomic E-state index is 12.0. The largest absolute Gasteiger partial charge is 0.482 e. The minimum atomic E-state index is -0.322. The van der Waals surface area contributed by atoms with Crippen LogP contribution in [0.5, 0.6) is 5.75 Å². The highest BCUT2D eigenvalue weighted by Gasteiger charge is 2.22. The number of carbonyl (C=O) groups is 2. The standard InChI is InChI=1S/C16H22ClN5O3/c1-9-10(7-19-22-9)3-2-4-18-16(24)21-12-6-14-13(5-11(12)17)20-15(23)8-25-14/h5-6,9-10,19,22H,2-4,7-8H2,1H3,(H,20,23)(H2,18,21,24). The van der Waals surface area contributed by atoms with E-state index in [2.05, 4.69) is 33.7 Å². The summed E-state index contributed by atoms with van der Waals surface area (Å²) >= 11 is 6.15. The second-order valence-corrected chi connectivity index (χ2v) is 6.67. The Bertz CT molecular complexity index is 669. The Morgan fingerprint density at radius 2 is 2.28 bits per heavy atom.